The van der Waals surface area contributed by atoms with Gasteiger partial charge < -0.3 is 0 Å². The van der Waals surface area contributed by atoms with Crippen LogP contribution in [0.2, 0.25) is 18.1 Å². The van der Waals surface area contributed by atoms with E-state index < -0.39 is 8.80 Å². The molecule has 0 nitrogen and oxygen atoms in total. The van der Waals surface area contributed by atoms with Crippen LogP contribution in [0.3, 0.4) is 0 Å². The van der Waals surface area contributed by atoms with Crippen LogP contribution < -0.4 is 5.19 Å². The van der Waals surface area contributed by atoms with E-state index in [1.54, 1.807) is 10.8 Å². The topological polar surface area (TPSA) is 0 Å². The molecule has 1 saturated carbocycles. The lowest BCUT2D eigenvalue weighted by Gasteiger charge is -2.21. The van der Waals surface area contributed by atoms with Crippen molar-refractivity contribution in [2.24, 2.45) is 0 Å². The van der Waals surface area contributed by atoms with Gasteiger partial charge in [0.2, 0.25) is 0 Å². The standard InChI is InChI=1S/C18H20ClSi/c1-20(2)17-6-4-3-5-16(17)18(11-12-18)13-14-7-9-15(19)10-8-14/h3-10H,11-13H2,1-2H3. The average molecular weight is 300 g/mol. The van der Waals surface area contributed by atoms with E-state index in [2.05, 4.69) is 49.5 Å². The maximum Gasteiger partial charge on any atom is 0.0795 e. The third-order valence-electron chi connectivity index (χ3n) is 4.35. The lowest BCUT2D eigenvalue weighted by molar-refractivity contribution is 0.692. The first-order chi connectivity index (χ1) is 9.61. The van der Waals surface area contributed by atoms with Crippen LogP contribution in [0.4, 0.5) is 0 Å². The first-order valence-electron chi connectivity index (χ1n) is 7.25. The van der Waals surface area contributed by atoms with Crippen LogP contribution >= 0.6 is 11.6 Å². The first kappa shape index (κ1) is 13.9. The monoisotopic (exact) mass is 299 g/mol. The molecule has 0 unspecified atom stereocenters. The predicted molar refractivity (Wildman–Crippen MR) is 89.6 cm³/mol. The van der Waals surface area contributed by atoms with E-state index in [1.807, 2.05) is 12.1 Å². The van der Waals surface area contributed by atoms with E-state index in [0.717, 1.165) is 11.4 Å². The van der Waals surface area contributed by atoms with Gasteiger partial charge in [0.15, 0.2) is 0 Å². The van der Waals surface area contributed by atoms with Crippen molar-refractivity contribution in [3.63, 3.8) is 0 Å². The second kappa shape index (κ2) is 5.38. The van der Waals surface area contributed by atoms with Crippen molar-refractivity contribution in [2.45, 2.75) is 37.8 Å². The van der Waals surface area contributed by atoms with Crippen LogP contribution in [0.5, 0.6) is 0 Å². The number of rotatable bonds is 4. The molecule has 2 aromatic rings. The number of halogens is 1. The molecule has 1 radical (unpaired) electrons. The molecule has 0 heterocycles. The molecule has 0 aliphatic heterocycles. The molecule has 1 fully saturated rings. The van der Waals surface area contributed by atoms with Crippen molar-refractivity contribution >= 4 is 25.6 Å². The van der Waals surface area contributed by atoms with Crippen LogP contribution in [-0.4, -0.2) is 8.80 Å². The van der Waals surface area contributed by atoms with Crippen LogP contribution in [0, 0.1) is 0 Å². The zero-order chi connectivity index (χ0) is 14.2. The first-order valence-corrected chi connectivity index (χ1v) is 10.1. The third kappa shape index (κ3) is 2.70. The molecular formula is C18H20ClSi. The van der Waals surface area contributed by atoms with Gasteiger partial charge in [0.1, 0.15) is 0 Å². The average Bonchev–Trinajstić information content (AvgIpc) is 3.22. The van der Waals surface area contributed by atoms with Gasteiger partial charge in [-0.25, -0.2) is 0 Å². The molecule has 0 saturated heterocycles. The predicted octanol–water partition coefficient (Wildman–Crippen LogP) is 4.58. The summed E-state index contributed by atoms with van der Waals surface area (Å²) in [7, 11) is -0.403. The maximum atomic E-state index is 5.99. The summed E-state index contributed by atoms with van der Waals surface area (Å²) in [4.78, 5) is 0. The summed E-state index contributed by atoms with van der Waals surface area (Å²) in [5.74, 6) is 0. The highest BCUT2D eigenvalue weighted by Gasteiger charge is 2.45. The normalized spacial score (nSPS) is 16.4. The van der Waals surface area contributed by atoms with Gasteiger partial charge in [-0.05, 0) is 47.9 Å². The Balaban J connectivity index is 1.91. The molecule has 3 rings (SSSR count). The van der Waals surface area contributed by atoms with E-state index in [0.29, 0.717) is 5.41 Å². The minimum absolute atomic E-state index is 0.395. The van der Waals surface area contributed by atoms with Crippen LogP contribution in [-0.2, 0) is 11.8 Å². The minimum Gasteiger partial charge on any atom is -0.0843 e. The molecule has 103 valence electrons. The Bertz CT molecular complexity index is 597. The number of hydrogen-bond acceptors (Lipinski definition) is 0. The highest BCUT2D eigenvalue weighted by atomic mass is 35.5. The maximum absolute atomic E-state index is 5.99. The molecule has 2 aromatic carbocycles. The van der Waals surface area contributed by atoms with Gasteiger partial charge in [0.25, 0.3) is 0 Å². The van der Waals surface area contributed by atoms with Gasteiger partial charge in [0, 0.05) is 5.02 Å². The molecule has 0 bridgehead atoms. The van der Waals surface area contributed by atoms with E-state index in [4.69, 9.17) is 11.6 Å². The van der Waals surface area contributed by atoms with Crippen molar-refractivity contribution in [2.75, 3.05) is 0 Å². The van der Waals surface area contributed by atoms with Crippen LogP contribution in [0.25, 0.3) is 0 Å². The molecular weight excluding hydrogens is 280 g/mol. The summed E-state index contributed by atoms with van der Waals surface area (Å²) in [5.41, 5.74) is 3.41. The summed E-state index contributed by atoms with van der Waals surface area (Å²) < 4.78 is 0. The van der Waals surface area contributed by atoms with E-state index in [9.17, 15) is 0 Å². The van der Waals surface area contributed by atoms with Crippen LogP contribution in [0.15, 0.2) is 48.5 Å². The number of hydrogen-bond donors (Lipinski definition) is 0. The summed E-state index contributed by atoms with van der Waals surface area (Å²) in [5, 5.41) is 2.44. The van der Waals surface area contributed by atoms with Gasteiger partial charge in [-0.2, -0.15) is 0 Å². The summed E-state index contributed by atoms with van der Waals surface area (Å²) in [6.07, 6.45) is 3.79. The fourth-order valence-corrected chi connectivity index (χ4v) is 4.51. The smallest absolute Gasteiger partial charge is 0.0795 e. The van der Waals surface area contributed by atoms with Crippen LogP contribution in [0.1, 0.15) is 24.0 Å². The van der Waals surface area contributed by atoms with E-state index >= 15 is 0 Å². The Morgan fingerprint density at radius 2 is 1.65 bits per heavy atom. The zero-order valence-electron chi connectivity index (χ0n) is 12.1. The van der Waals surface area contributed by atoms with Gasteiger partial charge in [0.05, 0.1) is 8.80 Å². The highest BCUT2D eigenvalue weighted by Crippen LogP contribution is 2.50. The van der Waals surface area contributed by atoms with Crippen molar-refractivity contribution in [1.82, 2.24) is 0 Å². The zero-order valence-corrected chi connectivity index (χ0v) is 13.9. The van der Waals surface area contributed by atoms with Crippen molar-refractivity contribution in [3.05, 3.63) is 64.7 Å². The summed E-state index contributed by atoms with van der Waals surface area (Å²) in [6, 6.07) is 17.5. The van der Waals surface area contributed by atoms with Crippen molar-refractivity contribution < 1.29 is 0 Å². The molecule has 2 heteroatoms. The third-order valence-corrected chi connectivity index (χ3v) is 6.11. The second-order valence-corrected chi connectivity index (χ2v) is 9.10. The molecule has 1 aliphatic rings. The molecule has 1 aliphatic carbocycles. The quantitative estimate of drug-likeness (QED) is 0.725. The lowest BCUT2D eigenvalue weighted by Crippen LogP contribution is -2.31. The SMILES string of the molecule is C[Si](C)c1ccccc1C1(Cc2ccc(Cl)cc2)CC1. The molecule has 0 aromatic heterocycles. The van der Waals surface area contributed by atoms with Gasteiger partial charge in [-0.15, -0.1) is 0 Å². The van der Waals surface area contributed by atoms with E-state index in [-0.39, 0.29) is 0 Å². The molecule has 20 heavy (non-hydrogen) atoms. The van der Waals surface area contributed by atoms with Crippen molar-refractivity contribution in [1.29, 1.82) is 0 Å². The summed E-state index contributed by atoms with van der Waals surface area (Å²) in [6.45, 7) is 4.78. The second-order valence-electron chi connectivity index (χ2n) is 6.13. The lowest BCUT2D eigenvalue weighted by atomic mass is 9.89. The number of benzene rings is 2. The largest absolute Gasteiger partial charge is 0.0843 e. The van der Waals surface area contributed by atoms with E-state index in [1.165, 1.54) is 18.4 Å². The van der Waals surface area contributed by atoms with Gasteiger partial charge in [-0.3, -0.25) is 0 Å². The fraction of sp³-hybridized carbons (Fsp3) is 0.333. The molecule has 0 atom stereocenters. The Labute approximate surface area is 128 Å². The van der Waals surface area contributed by atoms with Gasteiger partial charge in [-0.1, -0.05) is 66.3 Å². The fourth-order valence-electron chi connectivity index (χ4n) is 3.07. The highest BCUT2D eigenvalue weighted by molar-refractivity contribution is 6.71. The minimum atomic E-state index is -0.403. The molecule has 0 amide bonds. The Hall–Kier alpha value is -1.05. The molecule has 0 spiro atoms. The van der Waals surface area contributed by atoms with Gasteiger partial charge >= 0.3 is 0 Å². The Kier molecular flexibility index (Phi) is 3.74. The molecule has 0 N–H and O–H groups in total. The Morgan fingerprint density at radius 1 is 1.00 bits per heavy atom. The Morgan fingerprint density at radius 3 is 2.25 bits per heavy atom. The summed E-state index contributed by atoms with van der Waals surface area (Å²) >= 11 is 5.99. The van der Waals surface area contributed by atoms with Crippen molar-refractivity contribution in [3.8, 4) is 0 Å².